The number of rotatable bonds is 5. The van der Waals surface area contributed by atoms with Crippen LogP contribution in [-0.2, 0) is 0 Å². The molecule has 0 saturated heterocycles. The zero-order chi connectivity index (χ0) is 33.0. The summed E-state index contributed by atoms with van der Waals surface area (Å²) in [7, 11) is 0. The molecule has 0 radical (unpaired) electrons. The molecule has 5 nitrogen and oxygen atoms in total. The first-order valence-corrected chi connectivity index (χ1v) is 16.8. The quantitative estimate of drug-likeness (QED) is 0.203. The Hall–Kier alpha value is -6.72. The van der Waals surface area contributed by atoms with Gasteiger partial charge < -0.3 is 14.2 Å². The smallest absolute Gasteiger partial charge is 0.169 e. The molecule has 0 fully saturated rings. The van der Waals surface area contributed by atoms with Crippen molar-refractivity contribution in [2.75, 3.05) is 0 Å². The number of aliphatic imine (C=N–C) groups is 2. The predicted octanol–water partition coefficient (Wildman–Crippen LogP) is 11.3. The fourth-order valence-corrected chi connectivity index (χ4v) is 7.10. The van der Waals surface area contributed by atoms with Crippen LogP contribution in [-0.4, -0.2) is 11.7 Å². The molecule has 9 aromatic rings. The maximum Gasteiger partial charge on any atom is 0.169 e. The molecule has 1 unspecified atom stereocenters. The standard InChI is InChI=1S/C45H29N3O2/c1-3-11-28(12-4-1)30-22-24-39-37(26-30)42-34(18-10-20-40(42)49-39)31-15-9-16-32(25-31)44-46-43(29-13-5-2-6-14-29)47-45(48-44)33-21-23-36-35-17-7-8-19-38(35)50-41(36)27-33/h1-27,45H,(H,46,47,48). The summed E-state index contributed by atoms with van der Waals surface area (Å²) < 4.78 is 12.6. The fraction of sp³-hybridized carbons (Fsp3) is 0.0222. The van der Waals surface area contributed by atoms with Gasteiger partial charge in [0, 0.05) is 38.2 Å². The van der Waals surface area contributed by atoms with Crippen LogP contribution in [0.1, 0.15) is 22.9 Å². The van der Waals surface area contributed by atoms with Gasteiger partial charge in [-0.25, -0.2) is 9.98 Å². The van der Waals surface area contributed by atoms with Crippen LogP contribution in [0.15, 0.2) is 183 Å². The molecule has 0 saturated carbocycles. The van der Waals surface area contributed by atoms with Gasteiger partial charge in [0.1, 0.15) is 34.0 Å². The highest BCUT2D eigenvalue weighted by Crippen LogP contribution is 2.39. The summed E-state index contributed by atoms with van der Waals surface area (Å²) in [5.41, 5.74) is 10.9. The van der Waals surface area contributed by atoms with Gasteiger partial charge in [0.05, 0.1) is 0 Å². The first kappa shape index (κ1) is 28.3. The lowest BCUT2D eigenvalue weighted by atomic mass is 9.96. The van der Waals surface area contributed by atoms with Gasteiger partial charge in [0.2, 0.25) is 0 Å². The second kappa shape index (κ2) is 11.5. The van der Waals surface area contributed by atoms with Crippen molar-refractivity contribution in [1.82, 2.24) is 5.32 Å². The normalized spacial score (nSPS) is 14.6. The summed E-state index contributed by atoms with van der Waals surface area (Å²) >= 11 is 0. The second-order valence-corrected chi connectivity index (χ2v) is 12.6. The zero-order valence-electron chi connectivity index (χ0n) is 26.9. The molecule has 0 amide bonds. The Bertz CT molecular complexity index is 2790. The van der Waals surface area contributed by atoms with E-state index in [1.165, 1.54) is 5.56 Å². The summed E-state index contributed by atoms with van der Waals surface area (Å²) in [4.78, 5) is 10.3. The Labute approximate surface area is 287 Å². The molecule has 2 aromatic heterocycles. The summed E-state index contributed by atoms with van der Waals surface area (Å²) in [6.07, 6.45) is -0.458. The summed E-state index contributed by atoms with van der Waals surface area (Å²) in [5, 5.41) is 7.94. The molecular formula is C45H29N3O2. The van der Waals surface area contributed by atoms with Crippen LogP contribution in [0, 0.1) is 0 Å². The minimum Gasteiger partial charge on any atom is -0.456 e. The van der Waals surface area contributed by atoms with Crippen molar-refractivity contribution in [1.29, 1.82) is 0 Å². The Morgan fingerprint density at radius 2 is 1.04 bits per heavy atom. The number of hydrogen-bond acceptors (Lipinski definition) is 5. The number of nitrogens with one attached hydrogen (secondary N) is 1. The van der Waals surface area contributed by atoms with E-state index < -0.39 is 6.17 Å². The van der Waals surface area contributed by atoms with Gasteiger partial charge in [-0.1, -0.05) is 127 Å². The van der Waals surface area contributed by atoms with Gasteiger partial charge in [0.25, 0.3) is 0 Å². The van der Waals surface area contributed by atoms with E-state index in [0.29, 0.717) is 0 Å². The van der Waals surface area contributed by atoms with Gasteiger partial charge >= 0.3 is 0 Å². The van der Waals surface area contributed by atoms with Crippen LogP contribution in [0.2, 0.25) is 0 Å². The van der Waals surface area contributed by atoms with E-state index in [4.69, 9.17) is 18.8 Å². The number of fused-ring (bicyclic) bond motifs is 6. The third-order valence-corrected chi connectivity index (χ3v) is 9.54. The molecular weight excluding hydrogens is 615 g/mol. The third-order valence-electron chi connectivity index (χ3n) is 9.54. The number of hydrogen-bond donors (Lipinski definition) is 1. The molecule has 3 heterocycles. The largest absolute Gasteiger partial charge is 0.456 e. The zero-order valence-corrected chi connectivity index (χ0v) is 26.9. The minimum atomic E-state index is -0.458. The Morgan fingerprint density at radius 1 is 0.400 bits per heavy atom. The van der Waals surface area contributed by atoms with Crippen molar-refractivity contribution >= 4 is 55.5 Å². The molecule has 1 aliphatic heterocycles. The summed E-state index contributed by atoms with van der Waals surface area (Å²) in [6.45, 7) is 0. The van der Waals surface area contributed by atoms with Crippen LogP contribution in [0.5, 0.6) is 0 Å². The van der Waals surface area contributed by atoms with Crippen molar-refractivity contribution < 1.29 is 8.83 Å². The fourth-order valence-electron chi connectivity index (χ4n) is 7.10. The average Bonchev–Trinajstić information content (AvgIpc) is 3.76. The minimum absolute atomic E-state index is 0.458. The maximum atomic E-state index is 6.37. The molecule has 7 aromatic carbocycles. The highest BCUT2D eigenvalue weighted by molar-refractivity contribution is 6.17. The summed E-state index contributed by atoms with van der Waals surface area (Å²) in [6, 6.07) is 56.4. The van der Waals surface area contributed by atoms with Crippen molar-refractivity contribution in [3.05, 3.63) is 180 Å². The lowest BCUT2D eigenvalue weighted by Crippen LogP contribution is -2.36. The maximum absolute atomic E-state index is 6.37. The molecule has 0 spiro atoms. The average molecular weight is 644 g/mol. The number of nitrogens with zero attached hydrogens (tertiary/aromatic N) is 2. The van der Waals surface area contributed by atoms with Gasteiger partial charge in [-0.05, 0) is 58.7 Å². The molecule has 50 heavy (non-hydrogen) atoms. The molecule has 1 aliphatic rings. The Kier molecular flexibility index (Phi) is 6.49. The number of para-hydroxylation sites is 1. The van der Waals surface area contributed by atoms with E-state index in [1.807, 2.05) is 48.5 Å². The van der Waals surface area contributed by atoms with Gasteiger partial charge in [-0.3, -0.25) is 0 Å². The van der Waals surface area contributed by atoms with Crippen LogP contribution >= 0.6 is 0 Å². The number of amidine groups is 2. The van der Waals surface area contributed by atoms with E-state index in [2.05, 4.69) is 121 Å². The first-order valence-electron chi connectivity index (χ1n) is 16.8. The highest BCUT2D eigenvalue weighted by atomic mass is 16.3. The van der Waals surface area contributed by atoms with E-state index in [-0.39, 0.29) is 0 Å². The van der Waals surface area contributed by atoms with Crippen molar-refractivity contribution in [3.63, 3.8) is 0 Å². The molecule has 10 rings (SSSR count). The van der Waals surface area contributed by atoms with Crippen LogP contribution in [0.25, 0.3) is 66.1 Å². The van der Waals surface area contributed by atoms with Crippen LogP contribution < -0.4 is 5.32 Å². The topological polar surface area (TPSA) is 63.0 Å². The van der Waals surface area contributed by atoms with E-state index in [1.54, 1.807) is 0 Å². The van der Waals surface area contributed by atoms with Gasteiger partial charge in [-0.2, -0.15) is 0 Å². The Balaban J connectivity index is 1.09. The van der Waals surface area contributed by atoms with Gasteiger partial charge in [-0.15, -0.1) is 0 Å². The SMILES string of the molecule is c1ccc(C2=NC(c3ccc4c(c3)oc3ccccc34)N=C(c3cccc(-c4cccc5oc6ccc(-c7ccccc7)cc6c45)c3)N2)cc1. The predicted molar refractivity (Wildman–Crippen MR) is 204 cm³/mol. The monoisotopic (exact) mass is 643 g/mol. The molecule has 5 heteroatoms. The van der Waals surface area contributed by atoms with E-state index in [0.717, 1.165) is 88.9 Å². The number of furan rings is 2. The van der Waals surface area contributed by atoms with Crippen molar-refractivity contribution in [3.8, 4) is 22.3 Å². The summed E-state index contributed by atoms with van der Waals surface area (Å²) in [5.74, 6) is 1.53. The molecule has 1 N–H and O–H groups in total. The van der Waals surface area contributed by atoms with E-state index >= 15 is 0 Å². The molecule has 1 atom stereocenters. The Morgan fingerprint density at radius 3 is 1.90 bits per heavy atom. The van der Waals surface area contributed by atoms with Crippen molar-refractivity contribution in [2.45, 2.75) is 6.17 Å². The van der Waals surface area contributed by atoms with Crippen LogP contribution in [0.4, 0.5) is 0 Å². The highest BCUT2D eigenvalue weighted by Gasteiger charge is 2.22. The van der Waals surface area contributed by atoms with Crippen LogP contribution in [0.3, 0.4) is 0 Å². The van der Waals surface area contributed by atoms with E-state index in [9.17, 15) is 0 Å². The molecule has 236 valence electrons. The molecule has 0 aliphatic carbocycles. The van der Waals surface area contributed by atoms with Crippen molar-refractivity contribution in [2.24, 2.45) is 9.98 Å². The lowest BCUT2D eigenvalue weighted by Gasteiger charge is -2.22. The third kappa shape index (κ3) is 4.79. The number of benzene rings is 7. The van der Waals surface area contributed by atoms with Gasteiger partial charge in [0.15, 0.2) is 6.17 Å². The first-order chi connectivity index (χ1) is 24.7. The molecule has 0 bridgehead atoms. The second-order valence-electron chi connectivity index (χ2n) is 12.6. The lowest BCUT2D eigenvalue weighted by molar-refractivity contribution is 0.665.